The SMILES string of the molecule is N#Cc1cc2c(nc1SCC(=O)N1CCCC3CCCCC31)CCCC2. The fourth-order valence-electron chi connectivity index (χ4n) is 4.95. The number of aromatic nitrogens is 1. The number of thioether (sulfide) groups is 1. The highest BCUT2D eigenvalue weighted by Gasteiger charge is 2.35. The lowest BCUT2D eigenvalue weighted by atomic mass is 9.78. The topological polar surface area (TPSA) is 57.0 Å². The molecule has 2 fully saturated rings. The van der Waals surface area contributed by atoms with Crippen molar-refractivity contribution in [3.63, 3.8) is 0 Å². The predicted molar refractivity (Wildman–Crippen MR) is 103 cm³/mol. The third-order valence-electron chi connectivity index (χ3n) is 6.28. The molecule has 1 aromatic rings. The van der Waals surface area contributed by atoms with Gasteiger partial charge in [-0.3, -0.25) is 4.79 Å². The first-order chi connectivity index (χ1) is 12.8. The van der Waals surface area contributed by atoms with Crippen LogP contribution in [-0.2, 0) is 17.6 Å². The van der Waals surface area contributed by atoms with Crippen LogP contribution in [0.25, 0.3) is 0 Å². The fraction of sp³-hybridized carbons (Fsp3) is 0.667. The van der Waals surface area contributed by atoms with Gasteiger partial charge in [-0.1, -0.05) is 24.6 Å². The van der Waals surface area contributed by atoms with E-state index in [0.717, 1.165) is 36.5 Å². The van der Waals surface area contributed by atoms with E-state index < -0.39 is 0 Å². The average molecular weight is 370 g/mol. The average Bonchev–Trinajstić information content (AvgIpc) is 2.70. The second-order valence-electron chi connectivity index (χ2n) is 7.90. The lowest BCUT2D eigenvalue weighted by molar-refractivity contribution is -0.134. The van der Waals surface area contributed by atoms with Crippen molar-refractivity contribution < 1.29 is 4.79 Å². The number of fused-ring (bicyclic) bond motifs is 2. The van der Waals surface area contributed by atoms with Gasteiger partial charge in [0.25, 0.3) is 0 Å². The predicted octanol–water partition coefficient (Wildman–Crippen LogP) is 4.11. The molecule has 2 unspecified atom stereocenters. The van der Waals surface area contributed by atoms with Gasteiger partial charge in [0.1, 0.15) is 11.1 Å². The summed E-state index contributed by atoms with van der Waals surface area (Å²) >= 11 is 1.46. The van der Waals surface area contributed by atoms with Crippen molar-refractivity contribution in [2.24, 2.45) is 5.92 Å². The summed E-state index contributed by atoms with van der Waals surface area (Å²) in [5, 5.41) is 10.2. The molecule has 1 aromatic heterocycles. The van der Waals surface area contributed by atoms with E-state index in [1.165, 1.54) is 62.3 Å². The number of likely N-dealkylation sites (tertiary alicyclic amines) is 1. The molecule has 2 aliphatic carbocycles. The number of hydrogen-bond donors (Lipinski definition) is 0. The molecule has 5 heteroatoms. The Balaban J connectivity index is 1.45. The summed E-state index contributed by atoms with van der Waals surface area (Å²) in [5.74, 6) is 1.35. The summed E-state index contributed by atoms with van der Waals surface area (Å²) in [6.45, 7) is 0.906. The molecule has 0 radical (unpaired) electrons. The summed E-state index contributed by atoms with van der Waals surface area (Å²) < 4.78 is 0. The van der Waals surface area contributed by atoms with E-state index in [0.29, 0.717) is 23.3 Å². The third kappa shape index (κ3) is 3.62. The molecule has 1 saturated heterocycles. The molecule has 26 heavy (non-hydrogen) atoms. The van der Waals surface area contributed by atoms with E-state index in [4.69, 9.17) is 4.98 Å². The molecule has 4 rings (SSSR count). The Bertz CT molecular complexity index is 725. The van der Waals surface area contributed by atoms with E-state index >= 15 is 0 Å². The molecule has 3 aliphatic rings. The minimum Gasteiger partial charge on any atom is -0.339 e. The highest BCUT2D eigenvalue weighted by molar-refractivity contribution is 8.00. The van der Waals surface area contributed by atoms with Crippen LogP contribution in [-0.4, -0.2) is 34.1 Å². The molecule has 4 nitrogen and oxygen atoms in total. The Morgan fingerprint density at radius 2 is 2.00 bits per heavy atom. The standard InChI is InChI=1S/C21H27N3OS/c22-13-17-12-16-7-1-3-9-18(16)23-21(17)26-14-20(25)24-11-5-8-15-6-2-4-10-19(15)24/h12,15,19H,1-11,14H2. The van der Waals surface area contributed by atoms with Gasteiger partial charge in [-0.15, -0.1) is 0 Å². The normalized spacial score (nSPS) is 25.1. The number of nitriles is 1. The van der Waals surface area contributed by atoms with Gasteiger partial charge in [0.15, 0.2) is 0 Å². The van der Waals surface area contributed by atoms with Gasteiger partial charge in [-0.25, -0.2) is 4.98 Å². The molecule has 138 valence electrons. The first-order valence-corrected chi connectivity index (χ1v) is 11.1. The largest absolute Gasteiger partial charge is 0.339 e. The monoisotopic (exact) mass is 369 g/mol. The first kappa shape index (κ1) is 17.9. The number of carbonyl (C=O) groups is 1. The van der Waals surface area contributed by atoms with Crippen LogP contribution in [0.5, 0.6) is 0 Å². The molecule has 0 bridgehead atoms. The van der Waals surface area contributed by atoms with Crippen LogP contribution >= 0.6 is 11.8 Å². The van der Waals surface area contributed by atoms with E-state index in [1.54, 1.807) is 0 Å². The molecule has 0 spiro atoms. The lowest BCUT2D eigenvalue weighted by Gasteiger charge is -2.44. The zero-order valence-electron chi connectivity index (χ0n) is 15.4. The van der Waals surface area contributed by atoms with E-state index in [-0.39, 0.29) is 5.91 Å². The zero-order chi connectivity index (χ0) is 17.9. The van der Waals surface area contributed by atoms with E-state index in [1.807, 2.05) is 6.07 Å². The maximum absolute atomic E-state index is 12.9. The fourth-order valence-corrected chi connectivity index (χ4v) is 5.81. The minimum atomic E-state index is 0.231. The van der Waals surface area contributed by atoms with Crippen molar-refractivity contribution in [1.29, 1.82) is 5.26 Å². The molecule has 1 saturated carbocycles. The summed E-state index contributed by atoms with van der Waals surface area (Å²) in [6, 6.07) is 4.75. The van der Waals surface area contributed by atoms with E-state index in [9.17, 15) is 10.1 Å². The van der Waals surface area contributed by atoms with Gasteiger partial charge in [0.05, 0.1) is 11.3 Å². The Morgan fingerprint density at radius 1 is 1.19 bits per heavy atom. The van der Waals surface area contributed by atoms with Crippen LogP contribution in [0.4, 0.5) is 0 Å². The van der Waals surface area contributed by atoms with Gasteiger partial charge in [-0.05, 0) is 68.9 Å². The van der Waals surface area contributed by atoms with Crippen LogP contribution in [0.2, 0.25) is 0 Å². The van der Waals surface area contributed by atoms with Crippen LogP contribution in [0.1, 0.15) is 68.2 Å². The van der Waals surface area contributed by atoms with Crippen molar-refractivity contribution in [1.82, 2.24) is 9.88 Å². The Labute approximate surface area is 160 Å². The molecular formula is C21H27N3OS. The quantitative estimate of drug-likeness (QED) is 0.753. The number of rotatable bonds is 3. The van der Waals surface area contributed by atoms with Crippen molar-refractivity contribution >= 4 is 17.7 Å². The van der Waals surface area contributed by atoms with Gasteiger partial charge in [0.2, 0.25) is 5.91 Å². The Hall–Kier alpha value is -1.54. The number of carbonyl (C=O) groups excluding carboxylic acids is 1. The number of nitrogens with zero attached hydrogens (tertiary/aromatic N) is 3. The lowest BCUT2D eigenvalue weighted by Crippen LogP contribution is -2.50. The van der Waals surface area contributed by atoms with Crippen molar-refractivity contribution in [3.05, 3.63) is 22.9 Å². The van der Waals surface area contributed by atoms with Crippen molar-refractivity contribution in [3.8, 4) is 6.07 Å². The summed E-state index contributed by atoms with van der Waals surface area (Å²) in [6.07, 6.45) is 11.8. The van der Waals surface area contributed by atoms with Gasteiger partial charge in [0, 0.05) is 18.3 Å². The Kier molecular flexibility index (Phi) is 5.49. The maximum Gasteiger partial charge on any atom is 0.233 e. The number of pyridine rings is 1. The van der Waals surface area contributed by atoms with Crippen molar-refractivity contribution in [2.45, 2.75) is 75.3 Å². The van der Waals surface area contributed by atoms with E-state index in [2.05, 4.69) is 11.0 Å². The van der Waals surface area contributed by atoms with Gasteiger partial charge < -0.3 is 4.90 Å². The highest BCUT2D eigenvalue weighted by atomic mass is 32.2. The van der Waals surface area contributed by atoms with Gasteiger partial charge in [-0.2, -0.15) is 5.26 Å². The number of piperidine rings is 1. The second kappa shape index (κ2) is 8.00. The number of aryl methyl sites for hydroxylation is 2. The minimum absolute atomic E-state index is 0.231. The smallest absolute Gasteiger partial charge is 0.233 e. The summed E-state index contributed by atoms with van der Waals surface area (Å²) in [7, 11) is 0. The van der Waals surface area contributed by atoms with Gasteiger partial charge >= 0.3 is 0 Å². The molecule has 2 atom stereocenters. The molecular weight excluding hydrogens is 342 g/mol. The number of hydrogen-bond acceptors (Lipinski definition) is 4. The molecule has 1 aliphatic heterocycles. The van der Waals surface area contributed by atoms with Crippen molar-refractivity contribution in [2.75, 3.05) is 12.3 Å². The van der Waals surface area contributed by atoms with Crippen LogP contribution < -0.4 is 0 Å². The molecule has 0 aromatic carbocycles. The van der Waals surface area contributed by atoms with Crippen LogP contribution in [0.15, 0.2) is 11.1 Å². The molecule has 2 heterocycles. The van der Waals surface area contributed by atoms with Crippen LogP contribution in [0, 0.1) is 17.2 Å². The number of amides is 1. The second-order valence-corrected chi connectivity index (χ2v) is 8.86. The zero-order valence-corrected chi connectivity index (χ0v) is 16.2. The summed E-state index contributed by atoms with van der Waals surface area (Å²) in [4.78, 5) is 19.8. The highest BCUT2D eigenvalue weighted by Crippen LogP contribution is 2.36. The summed E-state index contributed by atoms with van der Waals surface area (Å²) in [5.41, 5.74) is 3.00. The Morgan fingerprint density at radius 3 is 2.88 bits per heavy atom. The molecule has 0 N–H and O–H groups in total. The maximum atomic E-state index is 12.9. The third-order valence-corrected chi connectivity index (χ3v) is 7.26. The van der Waals surface area contributed by atoms with Crippen LogP contribution in [0.3, 0.4) is 0 Å². The molecule has 1 amide bonds. The first-order valence-electron chi connectivity index (χ1n) is 10.1.